The van der Waals surface area contributed by atoms with Gasteiger partial charge in [-0.1, -0.05) is 12.1 Å². The number of carbonyl (C=O) groups excluding carboxylic acids is 1. The van der Waals surface area contributed by atoms with E-state index in [4.69, 9.17) is 18.9 Å². The maximum absolute atomic E-state index is 12.9. The first kappa shape index (κ1) is 25.1. The van der Waals surface area contributed by atoms with Gasteiger partial charge >= 0.3 is 5.97 Å². The Balaban J connectivity index is 1.53. The van der Waals surface area contributed by atoms with Crippen molar-refractivity contribution in [1.82, 2.24) is 4.90 Å². The molecule has 36 heavy (non-hydrogen) atoms. The monoisotopic (exact) mass is 510 g/mol. The lowest BCUT2D eigenvalue weighted by Gasteiger charge is -2.26. The normalized spacial score (nSPS) is 14.2. The average molecular weight is 511 g/mol. The summed E-state index contributed by atoms with van der Waals surface area (Å²) in [6.45, 7) is 0.168. The Hall–Kier alpha value is -4.05. The van der Waals surface area contributed by atoms with Crippen molar-refractivity contribution in [2.24, 2.45) is 4.40 Å². The molecule has 4 rings (SSSR count). The number of esters is 1. The second kappa shape index (κ2) is 10.7. The molecule has 0 aliphatic carbocycles. The fourth-order valence-electron chi connectivity index (χ4n) is 3.69. The number of amidine groups is 1. The lowest BCUT2D eigenvalue weighted by atomic mass is 10.2. The molecule has 1 heterocycles. The number of fused-ring (bicyclic) bond motifs is 1. The van der Waals surface area contributed by atoms with Crippen molar-refractivity contribution in [3.63, 3.8) is 0 Å². The van der Waals surface area contributed by atoms with Gasteiger partial charge in [0.2, 0.25) is 0 Å². The van der Waals surface area contributed by atoms with Crippen LogP contribution in [0.15, 0.2) is 82.1 Å². The fraction of sp³-hybridized carbons (Fsp3) is 0.231. The number of ether oxygens (including phenoxy) is 4. The Labute approximate surface area is 209 Å². The summed E-state index contributed by atoms with van der Waals surface area (Å²) >= 11 is 0. The molecule has 0 amide bonds. The van der Waals surface area contributed by atoms with Gasteiger partial charge in [0.25, 0.3) is 10.0 Å². The zero-order valence-corrected chi connectivity index (χ0v) is 20.9. The molecule has 3 aromatic rings. The number of hydrogen-bond acceptors (Lipinski definition) is 8. The molecule has 0 spiro atoms. The number of rotatable bonds is 9. The summed E-state index contributed by atoms with van der Waals surface area (Å²) in [4.78, 5) is 14.7. The molecular formula is C26H26N2O7S. The van der Waals surface area contributed by atoms with Crippen molar-refractivity contribution < 1.29 is 32.2 Å². The Morgan fingerprint density at radius 2 is 1.47 bits per heavy atom. The first-order chi connectivity index (χ1) is 17.3. The Morgan fingerprint density at radius 3 is 2.11 bits per heavy atom. The molecule has 0 N–H and O–H groups in total. The van der Waals surface area contributed by atoms with Gasteiger partial charge in [0, 0.05) is 12.6 Å². The zero-order chi connectivity index (χ0) is 25.7. The van der Waals surface area contributed by atoms with Crippen molar-refractivity contribution in [1.29, 1.82) is 0 Å². The quantitative estimate of drug-likeness (QED) is 0.404. The van der Waals surface area contributed by atoms with Crippen LogP contribution in [0.25, 0.3) is 0 Å². The molecule has 0 saturated heterocycles. The van der Waals surface area contributed by atoms with E-state index in [9.17, 15) is 13.2 Å². The maximum atomic E-state index is 12.9. The highest BCUT2D eigenvalue weighted by Crippen LogP contribution is 2.27. The predicted molar refractivity (Wildman–Crippen MR) is 133 cm³/mol. The summed E-state index contributed by atoms with van der Waals surface area (Å²) in [5.74, 6) is 1.60. The molecule has 9 nitrogen and oxygen atoms in total. The van der Waals surface area contributed by atoms with Crippen LogP contribution in [-0.2, 0) is 14.8 Å². The SMILES string of the molecule is COc1ccc(OCC(CN(C)C2=NS(=O)(=O)c3ccccc32)OC(=O)c2ccc(OC)cc2)cc1. The zero-order valence-electron chi connectivity index (χ0n) is 20.1. The first-order valence-corrected chi connectivity index (χ1v) is 12.5. The maximum Gasteiger partial charge on any atom is 0.338 e. The van der Waals surface area contributed by atoms with E-state index in [1.165, 1.54) is 6.07 Å². The van der Waals surface area contributed by atoms with Gasteiger partial charge < -0.3 is 23.8 Å². The van der Waals surface area contributed by atoms with Gasteiger partial charge in [-0.2, -0.15) is 8.42 Å². The Bertz CT molecular complexity index is 1350. The van der Waals surface area contributed by atoms with E-state index in [1.807, 2.05) is 0 Å². The summed E-state index contributed by atoms with van der Waals surface area (Å²) in [7, 11) is 1.02. The van der Waals surface area contributed by atoms with Crippen LogP contribution in [0.2, 0.25) is 0 Å². The minimum Gasteiger partial charge on any atom is -0.497 e. The summed E-state index contributed by atoms with van der Waals surface area (Å²) in [6, 6.07) is 20.2. The second-order valence-corrected chi connectivity index (χ2v) is 9.58. The third-order valence-electron chi connectivity index (χ3n) is 5.55. The number of likely N-dealkylation sites (N-methyl/N-ethyl adjacent to an activating group) is 1. The molecular weight excluding hydrogens is 484 g/mol. The molecule has 3 aromatic carbocycles. The van der Waals surface area contributed by atoms with Crippen LogP contribution in [-0.4, -0.2) is 65.6 Å². The smallest absolute Gasteiger partial charge is 0.338 e. The summed E-state index contributed by atoms with van der Waals surface area (Å²) in [5.41, 5.74) is 0.843. The lowest BCUT2D eigenvalue weighted by Crippen LogP contribution is -2.39. The standard InChI is InChI=1S/C26H26N2O7S/c1-28(25-23-6-4-5-7-24(23)36(30,31)27-25)16-22(17-34-21-14-12-20(33-3)13-15-21)35-26(29)18-8-10-19(32-2)11-9-18/h4-15,22H,16-17H2,1-3H3. The highest BCUT2D eigenvalue weighted by molar-refractivity contribution is 7.90. The van der Waals surface area contributed by atoms with Gasteiger partial charge in [-0.05, 0) is 60.7 Å². The molecule has 10 heteroatoms. The molecule has 188 valence electrons. The largest absolute Gasteiger partial charge is 0.497 e. The van der Waals surface area contributed by atoms with E-state index in [1.54, 1.807) is 92.9 Å². The van der Waals surface area contributed by atoms with Crippen LogP contribution in [0.3, 0.4) is 0 Å². The van der Waals surface area contributed by atoms with Crippen LogP contribution in [0, 0.1) is 0 Å². The van der Waals surface area contributed by atoms with Crippen LogP contribution in [0.5, 0.6) is 17.2 Å². The van der Waals surface area contributed by atoms with E-state index in [2.05, 4.69) is 4.40 Å². The van der Waals surface area contributed by atoms with Crippen LogP contribution in [0.1, 0.15) is 15.9 Å². The van der Waals surface area contributed by atoms with Crippen molar-refractivity contribution in [3.05, 3.63) is 83.9 Å². The van der Waals surface area contributed by atoms with Crippen molar-refractivity contribution >= 4 is 21.8 Å². The van der Waals surface area contributed by atoms with Crippen molar-refractivity contribution in [3.8, 4) is 17.2 Å². The topological polar surface area (TPSA) is 104 Å². The Morgan fingerprint density at radius 1 is 0.889 bits per heavy atom. The summed E-state index contributed by atoms with van der Waals surface area (Å²) < 4.78 is 50.9. The van der Waals surface area contributed by atoms with Crippen molar-refractivity contribution in [2.75, 3.05) is 34.4 Å². The molecule has 1 aliphatic rings. The number of methoxy groups -OCH3 is 2. The van der Waals surface area contributed by atoms with Gasteiger partial charge in [-0.25, -0.2) is 4.79 Å². The highest BCUT2D eigenvalue weighted by atomic mass is 32.2. The molecule has 1 atom stereocenters. The van der Waals surface area contributed by atoms with Gasteiger partial charge in [0.1, 0.15) is 28.8 Å². The molecule has 0 radical (unpaired) electrons. The number of nitrogens with zero attached hydrogens (tertiary/aromatic N) is 2. The molecule has 1 aliphatic heterocycles. The average Bonchev–Trinajstić information content (AvgIpc) is 3.18. The van der Waals surface area contributed by atoms with Gasteiger partial charge in [-0.3, -0.25) is 0 Å². The molecule has 1 unspecified atom stereocenters. The van der Waals surface area contributed by atoms with Crippen molar-refractivity contribution in [2.45, 2.75) is 11.0 Å². The summed E-state index contributed by atoms with van der Waals surface area (Å²) in [6.07, 6.45) is -0.745. The molecule has 0 aromatic heterocycles. The highest BCUT2D eigenvalue weighted by Gasteiger charge is 2.32. The summed E-state index contributed by atoms with van der Waals surface area (Å²) in [5, 5.41) is 0. The van der Waals surface area contributed by atoms with Crippen LogP contribution >= 0.6 is 0 Å². The molecule has 0 fully saturated rings. The van der Waals surface area contributed by atoms with Gasteiger partial charge in [-0.15, -0.1) is 4.40 Å². The number of benzene rings is 3. The third-order valence-corrected chi connectivity index (χ3v) is 6.87. The third kappa shape index (κ3) is 5.60. The van der Waals surface area contributed by atoms with E-state index in [0.29, 0.717) is 28.4 Å². The number of hydrogen-bond donors (Lipinski definition) is 0. The number of carbonyl (C=O) groups is 1. The second-order valence-electron chi connectivity index (χ2n) is 8.01. The lowest BCUT2D eigenvalue weighted by molar-refractivity contribution is 0.0130. The minimum absolute atomic E-state index is 0.0280. The molecule has 0 saturated carbocycles. The van der Waals surface area contributed by atoms with Gasteiger partial charge in [0.15, 0.2) is 11.9 Å². The van der Waals surface area contributed by atoms with Gasteiger partial charge in [0.05, 0.1) is 26.3 Å². The van der Waals surface area contributed by atoms with Crippen LogP contribution in [0.4, 0.5) is 0 Å². The minimum atomic E-state index is -3.79. The molecule has 0 bridgehead atoms. The predicted octanol–water partition coefficient (Wildman–Crippen LogP) is 3.39. The number of sulfonamides is 1. The van der Waals surface area contributed by atoms with E-state index in [0.717, 1.165) is 0 Å². The fourth-order valence-corrected chi connectivity index (χ4v) is 4.94. The van der Waals surface area contributed by atoms with E-state index >= 15 is 0 Å². The van der Waals surface area contributed by atoms with E-state index < -0.39 is 22.1 Å². The Kier molecular flexibility index (Phi) is 7.44. The first-order valence-electron chi connectivity index (χ1n) is 11.1. The van der Waals surface area contributed by atoms with E-state index in [-0.39, 0.29) is 23.9 Å². The van der Waals surface area contributed by atoms with Crippen LogP contribution < -0.4 is 14.2 Å².